The lowest BCUT2D eigenvalue weighted by molar-refractivity contribution is -0.00709. The molecule has 2 aromatic heterocycles. The van der Waals surface area contributed by atoms with Crippen molar-refractivity contribution in [2.45, 2.75) is 45.2 Å². The average Bonchev–Trinajstić information content (AvgIpc) is 3.15. The van der Waals surface area contributed by atoms with E-state index in [2.05, 4.69) is 53.4 Å². The summed E-state index contributed by atoms with van der Waals surface area (Å²) in [5, 5.41) is 1.06. The molecule has 4 nitrogen and oxygen atoms in total. The van der Waals surface area contributed by atoms with Gasteiger partial charge in [-0.1, -0.05) is 43.0 Å². The van der Waals surface area contributed by atoms with E-state index in [1.54, 1.807) is 11.3 Å². The van der Waals surface area contributed by atoms with Crippen molar-refractivity contribution in [3.05, 3.63) is 77.2 Å². The number of thiazole rings is 1. The van der Waals surface area contributed by atoms with Crippen molar-refractivity contribution in [3.63, 3.8) is 0 Å². The predicted octanol–water partition coefficient (Wildman–Crippen LogP) is 5.88. The summed E-state index contributed by atoms with van der Waals surface area (Å²) in [6, 6.07) is 15.3. The Morgan fingerprint density at radius 3 is 2.68 bits per heavy atom. The Labute approximate surface area is 187 Å². The summed E-state index contributed by atoms with van der Waals surface area (Å²) in [6.45, 7) is 8.79. The largest absolute Gasteiger partial charge is 0.475 e. The van der Waals surface area contributed by atoms with Gasteiger partial charge in [-0.2, -0.15) is 0 Å². The van der Waals surface area contributed by atoms with Crippen LogP contribution in [-0.2, 0) is 0 Å². The minimum absolute atomic E-state index is 0.274. The quantitative estimate of drug-likeness (QED) is 0.459. The second-order valence-corrected chi connectivity index (χ2v) is 9.78. The first kappa shape index (κ1) is 20.0. The number of rotatable bonds is 6. The van der Waals surface area contributed by atoms with Gasteiger partial charge in [0.05, 0.1) is 15.9 Å². The summed E-state index contributed by atoms with van der Waals surface area (Å²) in [5.74, 6) is 1.47. The highest BCUT2D eigenvalue weighted by Crippen LogP contribution is 2.47. The molecule has 0 amide bonds. The molecule has 2 aliphatic heterocycles. The molecule has 158 valence electrons. The van der Waals surface area contributed by atoms with Crippen molar-refractivity contribution in [1.82, 2.24) is 14.9 Å². The second-order valence-electron chi connectivity index (χ2n) is 8.57. The van der Waals surface area contributed by atoms with E-state index in [-0.39, 0.29) is 6.04 Å². The van der Waals surface area contributed by atoms with Crippen LogP contribution in [0.5, 0.6) is 5.88 Å². The third-order valence-corrected chi connectivity index (χ3v) is 7.35. The number of aryl methyl sites for hydroxylation is 2. The molecule has 0 radical (unpaired) electrons. The van der Waals surface area contributed by atoms with Gasteiger partial charge in [-0.25, -0.2) is 9.97 Å². The normalized spacial score (nSPS) is 21.9. The number of hydrogen-bond donors (Lipinski definition) is 0. The fourth-order valence-electron chi connectivity index (χ4n) is 4.82. The Balaban J connectivity index is 1.45. The maximum Gasteiger partial charge on any atom is 0.213 e. The fraction of sp³-hybridized carbons (Fsp3) is 0.346. The van der Waals surface area contributed by atoms with Crippen molar-refractivity contribution < 1.29 is 4.74 Å². The first-order valence-corrected chi connectivity index (χ1v) is 11.7. The number of benzene rings is 1. The molecule has 1 atom stereocenters. The second kappa shape index (κ2) is 8.33. The van der Waals surface area contributed by atoms with Gasteiger partial charge >= 0.3 is 0 Å². The molecule has 0 N–H and O–H groups in total. The number of aromatic nitrogens is 2. The van der Waals surface area contributed by atoms with Crippen LogP contribution in [0.15, 0.2) is 61.0 Å². The van der Waals surface area contributed by atoms with Gasteiger partial charge < -0.3 is 9.64 Å². The number of ether oxygens (including phenoxy) is 1. The van der Waals surface area contributed by atoms with Crippen molar-refractivity contribution in [1.29, 1.82) is 0 Å². The summed E-state index contributed by atoms with van der Waals surface area (Å²) < 4.78 is 6.12. The number of hydrogen-bond acceptors (Lipinski definition) is 5. The summed E-state index contributed by atoms with van der Waals surface area (Å²) in [6.07, 6.45) is 5.44. The molecule has 31 heavy (non-hydrogen) atoms. The molecular weight excluding hydrogens is 402 g/mol. The van der Waals surface area contributed by atoms with Gasteiger partial charge in [0.25, 0.3) is 0 Å². The molecule has 1 aromatic carbocycles. The zero-order valence-corrected chi connectivity index (χ0v) is 18.9. The third kappa shape index (κ3) is 3.91. The molecular formula is C26H27N3OS. The molecule has 3 fully saturated rings. The van der Waals surface area contributed by atoms with Crippen LogP contribution in [-0.4, -0.2) is 33.6 Å². The smallest absolute Gasteiger partial charge is 0.213 e. The molecule has 5 heteroatoms. The van der Waals surface area contributed by atoms with Crippen molar-refractivity contribution >= 4 is 17.0 Å². The van der Waals surface area contributed by atoms with Gasteiger partial charge in [-0.15, -0.1) is 17.1 Å². The maximum absolute atomic E-state index is 6.12. The Kier molecular flexibility index (Phi) is 5.39. The van der Waals surface area contributed by atoms with Crippen LogP contribution in [0.2, 0.25) is 0 Å². The number of piperidine rings is 2. The van der Waals surface area contributed by atoms with E-state index in [9.17, 15) is 0 Å². The van der Waals surface area contributed by atoms with Gasteiger partial charge in [0.2, 0.25) is 5.88 Å². The topological polar surface area (TPSA) is 38.2 Å². The number of pyridine rings is 1. The summed E-state index contributed by atoms with van der Waals surface area (Å²) in [7, 11) is 0. The zero-order chi connectivity index (χ0) is 21.4. The maximum atomic E-state index is 6.12. The first-order valence-electron chi connectivity index (χ1n) is 10.9. The van der Waals surface area contributed by atoms with Crippen LogP contribution in [0.25, 0.3) is 16.1 Å². The van der Waals surface area contributed by atoms with Crippen molar-refractivity contribution in [2.24, 2.45) is 5.92 Å². The minimum Gasteiger partial charge on any atom is -0.475 e. The lowest BCUT2D eigenvalue weighted by Crippen LogP contribution is -2.57. The minimum atomic E-state index is 0.274. The van der Waals surface area contributed by atoms with E-state index >= 15 is 0 Å². The molecule has 3 aliphatic rings. The molecule has 0 spiro atoms. The van der Waals surface area contributed by atoms with Gasteiger partial charge in [0, 0.05) is 18.3 Å². The highest BCUT2D eigenvalue weighted by Gasteiger charge is 2.46. The summed E-state index contributed by atoms with van der Waals surface area (Å²) >= 11 is 1.73. The summed E-state index contributed by atoms with van der Waals surface area (Å²) in [5.41, 5.74) is 7.60. The fourth-order valence-corrected chi connectivity index (χ4v) is 5.75. The molecule has 1 aliphatic carbocycles. The standard InChI is InChI=1S/C26H27N3OS/c1-4-23(25-26(31-18(3)28-25)20-8-6-5-7-9-20)29-21-12-19(13-21)14-22(29)16-30-24-11-10-17(2)15-27-24/h5-11,15,19,21-22H,1,12-14,16H2,2-3H3. The van der Waals surface area contributed by atoms with Crippen LogP contribution < -0.4 is 4.74 Å². The van der Waals surface area contributed by atoms with E-state index in [1.165, 1.54) is 23.3 Å². The molecule has 6 rings (SSSR count). The molecule has 1 saturated carbocycles. The SMILES string of the molecule is C=C=C(c1nc(C)sc1-c1ccccc1)N1C(COc2ccc(C)cn2)CC2CC1C2. The molecule has 3 aromatic rings. The highest BCUT2D eigenvalue weighted by atomic mass is 32.1. The molecule has 2 bridgehead atoms. The van der Waals surface area contributed by atoms with E-state index in [0.29, 0.717) is 18.5 Å². The zero-order valence-electron chi connectivity index (χ0n) is 18.0. The number of fused-ring (bicyclic) bond motifs is 2. The molecule has 1 unspecified atom stereocenters. The lowest BCUT2D eigenvalue weighted by atomic mass is 9.70. The van der Waals surface area contributed by atoms with Crippen LogP contribution in [0, 0.1) is 19.8 Å². The van der Waals surface area contributed by atoms with E-state index < -0.39 is 0 Å². The van der Waals surface area contributed by atoms with E-state index in [4.69, 9.17) is 9.72 Å². The van der Waals surface area contributed by atoms with Crippen molar-refractivity contribution in [2.75, 3.05) is 6.61 Å². The predicted molar refractivity (Wildman–Crippen MR) is 126 cm³/mol. The lowest BCUT2D eigenvalue weighted by Gasteiger charge is -2.54. The van der Waals surface area contributed by atoms with Crippen molar-refractivity contribution in [3.8, 4) is 16.3 Å². The van der Waals surface area contributed by atoms with Gasteiger partial charge in [-0.3, -0.25) is 0 Å². The van der Waals surface area contributed by atoms with E-state index in [0.717, 1.165) is 34.3 Å². The van der Waals surface area contributed by atoms with Gasteiger partial charge in [-0.05, 0) is 50.2 Å². The Morgan fingerprint density at radius 1 is 1.16 bits per heavy atom. The highest BCUT2D eigenvalue weighted by molar-refractivity contribution is 7.15. The monoisotopic (exact) mass is 429 g/mol. The van der Waals surface area contributed by atoms with Crippen LogP contribution in [0.3, 0.4) is 0 Å². The Hall–Kier alpha value is -2.88. The van der Waals surface area contributed by atoms with Gasteiger partial charge in [0.1, 0.15) is 18.0 Å². The number of nitrogens with zero attached hydrogens (tertiary/aromatic N) is 3. The Bertz CT molecular complexity index is 1110. The van der Waals surface area contributed by atoms with Crippen LogP contribution in [0.4, 0.5) is 0 Å². The van der Waals surface area contributed by atoms with E-state index in [1.807, 2.05) is 31.3 Å². The third-order valence-electron chi connectivity index (χ3n) is 6.33. The van der Waals surface area contributed by atoms with Crippen LogP contribution >= 0.6 is 11.3 Å². The van der Waals surface area contributed by atoms with Gasteiger partial charge in [0.15, 0.2) is 0 Å². The average molecular weight is 430 g/mol. The molecule has 4 heterocycles. The first-order chi connectivity index (χ1) is 15.1. The molecule has 2 saturated heterocycles. The van der Waals surface area contributed by atoms with Crippen LogP contribution in [0.1, 0.15) is 35.5 Å². The Morgan fingerprint density at radius 2 is 1.97 bits per heavy atom. The summed E-state index contributed by atoms with van der Waals surface area (Å²) in [4.78, 5) is 13.0.